The van der Waals surface area contributed by atoms with Gasteiger partial charge in [-0.15, -0.1) is 0 Å². The van der Waals surface area contributed by atoms with Crippen LogP contribution in [0, 0.1) is 0 Å². The van der Waals surface area contributed by atoms with Gasteiger partial charge < -0.3 is 18.9 Å². The number of hydrogen-bond donors (Lipinski definition) is 2. The maximum atomic E-state index is 9.63. The van der Waals surface area contributed by atoms with Crippen LogP contribution in [0.5, 0.6) is 0 Å². The van der Waals surface area contributed by atoms with Gasteiger partial charge in [-0.2, -0.15) is 0 Å². The highest BCUT2D eigenvalue weighted by molar-refractivity contribution is 6.61. The number of fused-ring (bicyclic) bond motifs is 14. The minimum Gasteiger partial charge on any atom is -0.456 e. The fourth-order valence-electron chi connectivity index (χ4n) is 6.84. The van der Waals surface area contributed by atoms with E-state index < -0.39 is 7.12 Å². The molecule has 10 aromatic rings. The first-order chi connectivity index (χ1) is 22.2. The van der Waals surface area contributed by atoms with Crippen LogP contribution in [0.25, 0.3) is 87.0 Å². The third-order valence-corrected chi connectivity index (χ3v) is 8.93. The Morgan fingerprint density at radius 3 is 1.45 bits per heavy atom. The Balaban J connectivity index is 0.000000144. The Morgan fingerprint density at radius 1 is 0.383 bits per heavy atom. The van der Waals surface area contributed by atoms with E-state index in [0.29, 0.717) is 11.0 Å². The molecule has 0 atom stereocenters. The van der Waals surface area contributed by atoms with Crippen molar-refractivity contribution in [3.8, 4) is 0 Å². The maximum Gasteiger partial charge on any atom is 0.492 e. The minimum atomic E-state index is -1.56. The van der Waals surface area contributed by atoms with Crippen LogP contribution >= 0.6 is 0 Å². The molecule has 10 rings (SSSR count). The summed E-state index contributed by atoms with van der Waals surface area (Å²) in [6, 6.07) is 47.4. The molecule has 0 saturated heterocycles. The molecule has 223 valence electrons. The minimum absolute atomic E-state index is 0. The summed E-state index contributed by atoms with van der Waals surface area (Å²) in [6.45, 7) is 0. The molecule has 6 heteroatoms. The molecule has 0 spiro atoms. The van der Waals surface area contributed by atoms with Gasteiger partial charge in [0.1, 0.15) is 22.3 Å². The fraction of sp³-hybridized carbons (Fsp3) is 0.0244. The Morgan fingerprint density at radius 2 is 0.830 bits per heavy atom. The second kappa shape index (κ2) is 11.7. The van der Waals surface area contributed by atoms with Gasteiger partial charge in [0.25, 0.3) is 0 Å². The van der Waals surface area contributed by atoms with Crippen molar-refractivity contribution in [3.05, 3.63) is 140 Å². The predicted octanol–water partition coefficient (Wildman–Crippen LogP) is 9.72. The molecule has 2 heterocycles. The summed E-state index contributed by atoms with van der Waals surface area (Å²) in [4.78, 5) is 0. The van der Waals surface area contributed by atoms with Gasteiger partial charge in [-0.05, 0) is 50.5 Å². The predicted molar refractivity (Wildman–Crippen MR) is 200 cm³/mol. The summed E-state index contributed by atoms with van der Waals surface area (Å²) in [6.07, 6.45) is 0. The topological polar surface area (TPSA) is 66.7 Å². The van der Waals surface area contributed by atoms with E-state index in [1.165, 1.54) is 32.3 Å². The van der Waals surface area contributed by atoms with Crippen LogP contribution in [-0.4, -0.2) is 25.6 Å². The molecular formula is C41H29B2O4. The van der Waals surface area contributed by atoms with Gasteiger partial charge in [-0.3, -0.25) is 0 Å². The molecule has 8 aromatic carbocycles. The summed E-state index contributed by atoms with van der Waals surface area (Å²) < 4.78 is 12.3. The highest BCUT2D eigenvalue weighted by atomic mass is 16.4. The average Bonchev–Trinajstić information content (AvgIpc) is 3.67. The van der Waals surface area contributed by atoms with Crippen molar-refractivity contribution in [1.29, 1.82) is 0 Å². The highest BCUT2D eigenvalue weighted by Gasteiger charge is 2.20. The van der Waals surface area contributed by atoms with Gasteiger partial charge in [0.2, 0.25) is 0 Å². The monoisotopic (exact) mass is 607 g/mol. The third-order valence-electron chi connectivity index (χ3n) is 8.93. The first kappa shape index (κ1) is 30.1. The van der Waals surface area contributed by atoms with E-state index in [0.717, 1.165) is 49.1 Å². The van der Waals surface area contributed by atoms with Crippen LogP contribution < -0.4 is 5.46 Å². The largest absolute Gasteiger partial charge is 0.492 e. The zero-order chi connectivity index (χ0) is 30.1. The van der Waals surface area contributed by atoms with Crippen molar-refractivity contribution >= 4 is 108 Å². The van der Waals surface area contributed by atoms with E-state index in [-0.39, 0.29) is 15.8 Å². The molecule has 3 radical (unpaired) electrons. The molecule has 0 aliphatic carbocycles. The number of hydrogen-bond acceptors (Lipinski definition) is 4. The van der Waals surface area contributed by atoms with Crippen LogP contribution in [-0.2, 0) is 0 Å². The highest BCUT2D eigenvalue weighted by Crippen LogP contribution is 2.38. The SMILES string of the molecule is C.OB(O)c1cccc2c1oc1c2ccc2ccc3ccccc3c21.[B].c1ccc2c(c1)ccc1ccc3c4ccccc4oc3c12. The van der Waals surface area contributed by atoms with Crippen molar-refractivity contribution in [1.82, 2.24) is 0 Å². The summed E-state index contributed by atoms with van der Waals surface area (Å²) >= 11 is 0. The molecule has 47 heavy (non-hydrogen) atoms. The standard InChI is InChI=1S/C20H13BO3.C20H12O.CH4.B/c22-21(23)17-7-3-6-15-16-11-10-13-9-8-12-4-1-2-5-14(12)18(13)20(16)24-19(15)17;1-2-6-15-13(5-1)9-10-14-11-12-17-16-7-3-4-8-18(16)21-20(17)19(14)15;;/h1-11,22-23H;1-12H;1H4;. The first-order valence-electron chi connectivity index (χ1n) is 15.0. The van der Waals surface area contributed by atoms with Gasteiger partial charge in [0.05, 0.1) is 0 Å². The van der Waals surface area contributed by atoms with E-state index in [1.54, 1.807) is 6.07 Å². The Bertz CT molecular complexity index is 2760. The fourth-order valence-corrected chi connectivity index (χ4v) is 6.84. The lowest BCUT2D eigenvalue weighted by Crippen LogP contribution is -2.29. The summed E-state index contributed by atoms with van der Waals surface area (Å²) in [5, 5.41) is 32.9. The number of benzene rings is 8. The lowest BCUT2D eigenvalue weighted by molar-refractivity contribution is 0.425. The van der Waals surface area contributed by atoms with Gasteiger partial charge >= 0.3 is 7.12 Å². The quantitative estimate of drug-likeness (QED) is 0.144. The molecular weight excluding hydrogens is 578 g/mol. The van der Waals surface area contributed by atoms with E-state index >= 15 is 0 Å². The molecule has 0 aliphatic heterocycles. The first-order valence-corrected chi connectivity index (χ1v) is 15.0. The van der Waals surface area contributed by atoms with Crippen LogP contribution in [0.15, 0.2) is 148 Å². The molecule has 0 aliphatic rings. The van der Waals surface area contributed by atoms with Crippen molar-refractivity contribution < 1.29 is 18.9 Å². The van der Waals surface area contributed by atoms with Crippen molar-refractivity contribution in [2.45, 2.75) is 7.43 Å². The molecule has 0 amide bonds. The molecule has 2 N–H and O–H groups in total. The summed E-state index contributed by atoms with van der Waals surface area (Å²) in [7, 11) is -1.56. The van der Waals surface area contributed by atoms with E-state index in [4.69, 9.17) is 8.83 Å². The third kappa shape index (κ3) is 4.65. The Kier molecular flexibility index (Phi) is 7.48. The molecule has 4 nitrogen and oxygen atoms in total. The van der Waals surface area contributed by atoms with E-state index in [2.05, 4.69) is 91.0 Å². The van der Waals surface area contributed by atoms with Crippen LogP contribution in [0.1, 0.15) is 7.43 Å². The average molecular weight is 607 g/mol. The van der Waals surface area contributed by atoms with Crippen LogP contribution in [0.2, 0.25) is 0 Å². The Labute approximate surface area is 273 Å². The normalized spacial score (nSPS) is 11.3. The molecule has 2 aromatic heterocycles. The smallest absolute Gasteiger partial charge is 0.456 e. The zero-order valence-corrected chi connectivity index (χ0v) is 24.6. The number of furan rings is 2. The maximum absolute atomic E-state index is 9.63. The number of rotatable bonds is 1. The van der Waals surface area contributed by atoms with Gasteiger partial charge in [0, 0.05) is 46.2 Å². The molecule has 0 unspecified atom stereocenters. The lowest BCUT2D eigenvalue weighted by atomic mass is 9.79. The number of para-hydroxylation sites is 2. The van der Waals surface area contributed by atoms with Crippen molar-refractivity contribution in [3.63, 3.8) is 0 Å². The summed E-state index contributed by atoms with van der Waals surface area (Å²) in [5.41, 5.74) is 3.64. The second-order valence-electron chi connectivity index (χ2n) is 11.5. The van der Waals surface area contributed by atoms with E-state index in [9.17, 15) is 10.0 Å². The molecule has 0 fully saturated rings. The zero-order valence-electron chi connectivity index (χ0n) is 24.6. The van der Waals surface area contributed by atoms with E-state index in [1.807, 2.05) is 42.5 Å². The molecule has 0 saturated carbocycles. The van der Waals surface area contributed by atoms with Crippen LogP contribution in [0.4, 0.5) is 0 Å². The van der Waals surface area contributed by atoms with Gasteiger partial charge in [-0.25, -0.2) is 0 Å². The molecule has 0 bridgehead atoms. The van der Waals surface area contributed by atoms with Gasteiger partial charge in [-0.1, -0.05) is 129 Å². The van der Waals surface area contributed by atoms with Crippen molar-refractivity contribution in [2.24, 2.45) is 0 Å². The van der Waals surface area contributed by atoms with Crippen molar-refractivity contribution in [2.75, 3.05) is 0 Å². The summed E-state index contributed by atoms with van der Waals surface area (Å²) in [5.74, 6) is 0. The van der Waals surface area contributed by atoms with Gasteiger partial charge in [0.15, 0.2) is 0 Å². The lowest BCUT2D eigenvalue weighted by Gasteiger charge is -2.04. The van der Waals surface area contributed by atoms with Crippen LogP contribution in [0.3, 0.4) is 0 Å². The second-order valence-corrected chi connectivity index (χ2v) is 11.5. The Hall–Kier alpha value is -5.55.